The van der Waals surface area contributed by atoms with Gasteiger partial charge < -0.3 is 15.1 Å². The van der Waals surface area contributed by atoms with Gasteiger partial charge in [0.15, 0.2) is 11.2 Å². The Balaban J connectivity index is 2.12. The zero-order valence-corrected chi connectivity index (χ0v) is 9.20. The van der Waals surface area contributed by atoms with E-state index >= 15 is 0 Å². The number of aromatic nitrogens is 4. The molecule has 1 saturated heterocycles. The molecular formula is C10H13N5O2. The molecule has 2 aromatic heterocycles. The van der Waals surface area contributed by atoms with Crippen molar-refractivity contribution in [2.24, 2.45) is 0 Å². The molecule has 2 N–H and O–H groups in total. The van der Waals surface area contributed by atoms with Gasteiger partial charge >= 0.3 is 0 Å². The maximum Gasteiger partial charge on any atom is 0.278 e. The largest absolute Gasteiger partial charge is 0.394 e. The Hall–Kier alpha value is -1.89. The van der Waals surface area contributed by atoms with E-state index in [1.54, 1.807) is 11.0 Å². The van der Waals surface area contributed by atoms with Crippen LogP contribution in [0.2, 0.25) is 0 Å². The van der Waals surface area contributed by atoms with Crippen LogP contribution in [-0.4, -0.2) is 43.9 Å². The van der Waals surface area contributed by atoms with Crippen LogP contribution in [-0.2, 0) is 0 Å². The van der Waals surface area contributed by atoms with E-state index in [4.69, 9.17) is 0 Å². The highest BCUT2D eigenvalue weighted by molar-refractivity contribution is 5.69. The summed E-state index contributed by atoms with van der Waals surface area (Å²) in [5.41, 5.74) is 0.624. The Labute approximate surface area is 96.7 Å². The molecule has 0 aromatic carbocycles. The van der Waals surface area contributed by atoms with Gasteiger partial charge in [0, 0.05) is 6.54 Å². The highest BCUT2D eigenvalue weighted by Gasteiger charge is 2.25. The zero-order valence-electron chi connectivity index (χ0n) is 9.20. The highest BCUT2D eigenvalue weighted by Crippen LogP contribution is 2.17. The molecule has 0 spiro atoms. The van der Waals surface area contributed by atoms with Crippen molar-refractivity contribution in [3.63, 3.8) is 0 Å². The number of nitrogens with zero attached hydrogens (tertiary/aromatic N) is 4. The fraction of sp³-hybridized carbons (Fsp3) is 0.500. The summed E-state index contributed by atoms with van der Waals surface area (Å²) in [6.07, 6.45) is 4.92. The number of rotatable bonds is 2. The van der Waals surface area contributed by atoms with Gasteiger partial charge in [0.05, 0.1) is 19.0 Å². The maximum absolute atomic E-state index is 11.5. The molecule has 90 valence electrons. The van der Waals surface area contributed by atoms with E-state index in [1.807, 2.05) is 5.01 Å². The lowest BCUT2D eigenvalue weighted by molar-refractivity contribution is 0.255. The lowest BCUT2D eigenvalue weighted by Crippen LogP contribution is -2.40. The first-order chi connectivity index (χ1) is 8.31. The first-order valence-electron chi connectivity index (χ1n) is 5.60. The van der Waals surface area contributed by atoms with Crippen molar-refractivity contribution in [1.82, 2.24) is 19.6 Å². The van der Waals surface area contributed by atoms with Gasteiger partial charge in [-0.3, -0.25) is 4.79 Å². The molecule has 7 heteroatoms. The minimum absolute atomic E-state index is 0.0773. The molecule has 0 amide bonds. The summed E-state index contributed by atoms with van der Waals surface area (Å²) in [5, 5.41) is 11.3. The van der Waals surface area contributed by atoms with Crippen molar-refractivity contribution in [3.8, 4) is 0 Å². The van der Waals surface area contributed by atoms with E-state index in [0.717, 1.165) is 19.4 Å². The molecule has 1 atom stereocenters. The number of hydrogen-bond acceptors (Lipinski definition) is 5. The number of H-pyrrole nitrogens is 1. The standard InChI is InChI=1S/C10H13N5O2/c16-4-7-2-1-3-14(7)15-6-13-8-9(15)11-5-12-10(8)17/h5-7,16H,1-4H2,(H,11,12,17). The molecule has 7 nitrogen and oxygen atoms in total. The fourth-order valence-electron chi connectivity index (χ4n) is 2.31. The van der Waals surface area contributed by atoms with Crippen LogP contribution >= 0.6 is 0 Å². The predicted octanol–water partition coefficient (Wildman–Crippen LogP) is -0.788. The third-order valence-electron chi connectivity index (χ3n) is 3.16. The van der Waals surface area contributed by atoms with Crippen LogP contribution in [0.4, 0.5) is 0 Å². The Bertz CT molecular complexity index is 590. The summed E-state index contributed by atoms with van der Waals surface area (Å²) >= 11 is 0. The predicted molar refractivity (Wildman–Crippen MR) is 61.3 cm³/mol. The first-order valence-corrected chi connectivity index (χ1v) is 5.60. The van der Waals surface area contributed by atoms with Gasteiger partial charge in [-0.1, -0.05) is 0 Å². The second-order valence-corrected chi connectivity index (χ2v) is 4.13. The minimum Gasteiger partial charge on any atom is -0.394 e. The molecule has 3 heterocycles. The van der Waals surface area contributed by atoms with Gasteiger partial charge in [0.2, 0.25) is 0 Å². The summed E-state index contributed by atoms with van der Waals surface area (Å²) in [6, 6.07) is 0.0773. The fourth-order valence-corrected chi connectivity index (χ4v) is 2.31. The molecular weight excluding hydrogens is 222 g/mol. The molecule has 0 aliphatic carbocycles. The van der Waals surface area contributed by atoms with Crippen molar-refractivity contribution < 1.29 is 5.11 Å². The number of aliphatic hydroxyl groups excluding tert-OH is 1. The summed E-state index contributed by atoms with van der Waals surface area (Å²) in [6.45, 7) is 0.939. The Morgan fingerprint density at radius 3 is 3.24 bits per heavy atom. The Morgan fingerprint density at radius 2 is 2.41 bits per heavy atom. The van der Waals surface area contributed by atoms with E-state index in [2.05, 4.69) is 15.0 Å². The van der Waals surface area contributed by atoms with Crippen LogP contribution in [0, 0.1) is 0 Å². The molecule has 1 aliphatic heterocycles. The lowest BCUT2D eigenvalue weighted by Gasteiger charge is -2.25. The van der Waals surface area contributed by atoms with E-state index < -0.39 is 0 Å². The SMILES string of the molecule is O=c1[nH]cnc2c1ncn2N1CCCC1CO. The molecule has 2 aromatic rings. The molecule has 1 unspecified atom stereocenters. The second kappa shape index (κ2) is 3.85. The van der Waals surface area contributed by atoms with Crippen LogP contribution < -0.4 is 10.6 Å². The smallest absolute Gasteiger partial charge is 0.278 e. The molecule has 0 saturated carbocycles. The van der Waals surface area contributed by atoms with Crippen LogP contribution in [0.1, 0.15) is 12.8 Å². The topological polar surface area (TPSA) is 87.0 Å². The van der Waals surface area contributed by atoms with Crippen molar-refractivity contribution in [2.75, 3.05) is 18.2 Å². The van der Waals surface area contributed by atoms with Crippen molar-refractivity contribution in [1.29, 1.82) is 0 Å². The van der Waals surface area contributed by atoms with Crippen LogP contribution in [0.25, 0.3) is 11.2 Å². The number of aromatic amines is 1. The van der Waals surface area contributed by atoms with Gasteiger partial charge in [0.1, 0.15) is 6.33 Å². The normalized spacial score (nSPS) is 20.3. The van der Waals surface area contributed by atoms with Crippen molar-refractivity contribution in [3.05, 3.63) is 23.0 Å². The molecule has 0 bridgehead atoms. The van der Waals surface area contributed by atoms with Crippen LogP contribution in [0.5, 0.6) is 0 Å². The van der Waals surface area contributed by atoms with Gasteiger partial charge in [0.25, 0.3) is 5.56 Å². The summed E-state index contributed by atoms with van der Waals surface area (Å²) in [7, 11) is 0. The average molecular weight is 235 g/mol. The summed E-state index contributed by atoms with van der Waals surface area (Å²) < 4.78 is 1.76. The third-order valence-corrected chi connectivity index (χ3v) is 3.16. The molecule has 0 radical (unpaired) electrons. The van der Waals surface area contributed by atoms with Gasteiger partial charge in [-0.25, -0.2) is 14.6 Å². The first kappa shape index (κ1) is 10.3. The lowest BCUT2D eigenvalue weighted by atomic mass is 10.2. The van der Waals surface area contributed by atoms with Gasteiger partial charge in [-0.15, -0.1) is 0 Å². The quantitative estimate of drug-likeness (QED) is 0.712. The van der Waals surface area contributed by atoms with Crippen molar-refractivity contribution >= 4 is 11.2 Å². The van der Waals surface area contributed by atoms with Gasteiger partial charge in [-0.05, 0) is 12.8 Å². The van der Waals surface area contributed by atoms with Gasteiger partial charge in [-0.2, -0.15) is 0 Å². The molecule has 17 heavy (non-hydrogen) atoms. The second-order valence-electron chi connectivity index (χ2n) is 4.13. The van der Waals surface area contributed by atoms with Crippen LogP contribution in [0.15, 0.2) is 17.4 Å². The zero-order chi connectivity index (χ0) is 11.8. The number of fused-ring (bicyclic) bond motifs is 1. The van der Waals surface area contributed by atoms with E-state index in [0.29, 0.717) is 11.2 Å². The number of imidazole rings is 1. The summed E-state index contributed by atoms with van der Waals surface area (Å²) in [4.78, 5) is 22.2. The molecule has 3 rings (SSSR count). The number of aliphatic hydroxyl groups is 1. The molecule has 1 aliphatic rings. The van der Waals surface area contributed by atoms with E-state index in [1.165, 1.54) is 6.33 Å². The molecule has 1 fully saturated rings. The Kier molecular flexibility index (Phi) is 2.32. The minimum atomic E-state index is -0.242. The third kappa shape index (κ3) is 1.50. The number of nitrogens with one attached hydrogen (secondary N) is 1. The highest BCUT2D eigenvalue weighted by atomic mass is 16.3. The maximum atomic E-state index is 11.5. The van der Waals surface area contributed by atoms with Crippen LogP contribution in [0.3, 0.4) is 0 Å². The van der Waals surface area contributed by atoms with Crippen molar-refractivity contribution in [2.45, 2.75) is 18.9 Å². The average Bonchev–Trinajstić information content (AvgIpc) is 2.94. The summed E-state index contributed by atoms with van der Waals surface area (Å²) in [5.74, 6) is 0. The van der Waals surface area contributed by atoms with E-state index in [-0.39, 0.29) is 18.2 Å². The number of hydrogen-bond donors (Lipinski definition) is 2. The van der Waals surface area contributed by atoms with E-state index in [9.17, 15) is 9.90 Å². The Morgan fingerprint density at radius 1 is 1.53 bits per heavy atom. The monoisotopic (exact) mass is 235 g/mol.